The predicted molar refractivity (Wildman–Crippen MR) is 131 cm³/mol. The molecule has 0 aromatic heterocycles. The van der Waals surface area contributed by atoms with Gasteiger partial charge in [-0.1, -0.05) is 12.1 Å². The minimum Gasteiger partial charge on any atom is -0.508 e. The molecule has 4 atom stereocenters. The van der Waals surface area contributed by atoms with E-state index in [1.807, 2.05) is 5.32 Å². The summed E-state index contributed by atoms with van der Waals surface area (Å²) in [6.07, 6.45) is -2.63. The highest BCUT2D eigenvalue weighted by molar-refractivity contribution is 5.95. The van der Waals surface area contributed by atoms with Crippen molar-refractivity contribution < 1.29 is 54.0 Å². The molecule has 1 aromatic rings. The van der Waals surface area contributed by atoms with E-state index < -0.39 is 91.4 Å². The fourth-order valence-electron chi connectivity index (χ4n) is 3.24. The van der Waals surface area contributed by atoms with Gasteiger partial charge in [-0.25, -0.2) is 4.79 Å². The molecule has 0 heterocycles. The SMILES string of the molecule is NC(=O)CCC(NC(=O)C(CC(=O)O)NC(=O)C(Cc1ccc(O)cc1)NC(=O)C(N)CCC(=O)O)C(=O)O. The van der Waals surface area contributed by atoms with E-state index in [1.165, 1.54) is 24.3 Å². The Morgan fingerprint density at radius 1 is 0.718 bits per heavy atom. The van der Waals surface area contributed by atoms with Crippen LogP contribution in [0.3, 0.4) is 0 Å². The molecule has 0 saturated heterocycles. The average molecular weight is 554 g/mol. The van der Waals surface area contributed by atoms with Crippen LogP contribution in [0.15, 0.2) is 24.3 Å². The fourth-order valence-corrected chi connectivity index (χ4v) is 3.24. The first-order valence-electron chi connectivity index (χ1n) is 11.6. The van der Waals surface area contributed by atoms with Gasteiger partial charge in [0.05, 0.1) is 12.5 Å². The highest BCUT2D eigenvalue weighted by atomic mass is 16.4. The number of aliphatic carboxylic acids is 3. The van der Waals surface area contributed by atoms with E-state index in [-0.39, 0.29) is 18.6 Å². The van der Waals surface area contributed by atoms with Gasteiger partial charge in [0.15, 0.2) is 0 Å². The summed E-state index contributed by atoms with van der Waals surface area (Å²) in [6, 6.07) is -0.660. The molecule has 0 spiro atoms. The highest BCUT2D eigenvalue weighted by Gasteiger charge is 2.32. The number of hydrogen-bond acceptors (Lipinski definition) is 9. The smallest absolute Gasteiger partial charge is 0.326 e. The lowest BCUT2D eigenvalue weighted by Crippen LogP contribution is -2.58. The number of aromatic hydroxyl groups is 1. The molecule has 1 rings (SSSR count). The molecule has 1 aromatic carbocycles. The zero-order valence-corrected chi connectivity index (χ0v) is 20.7. The summed E-state index contributed by atoms with van der Waals surface area (Å²) >= 11 is 0. The number of rotatable bonds is 17. The second kappa shape index (κ2) is 15.5. The largest absolute Gasteiger partial charge is 0.508 e. The quantitative estimate of drug-likeness (QED) is 0.0960. The number of carbonyl (C=O) groups excluding carboxylic acids is 4. The second-order valence-electron chi connectivity index (χ2n) is 8.53. The fraction of sp³-hybridized carbons (Fsp3) is 0.435. The minimum absolute atomic E-state index is 0.0815. The lowest BCUT2D eigenvalue weighted by atomic mass is 10.0. The number of primary amides is 1. The van der Waals surface area contributed by atoms with E-state index >= 15 is 0 Å². The molecule has 0 aliphatic carbocycles. The molecule has 0 fully saturated rings. The van der Waals surface area contributed by atoms with Crippen molar-refractivity contribution in [1.82, 2.24) is 16.0 Å². The molecule has 0 aliphatic rings. The summed E-state index contributed by atoms with van der Waals surface area (Å²) in [6.45, 7) is 0. The number of nitrogens with one attached hydrogen (secondary N) is 3. The number of carboxylic acid groups (broad SMARTS) is 3. The Bertz CT molecular complexity index is 1080. The summed E-state index contributed by atoms with van der Waals surface area (Å²) in [4.78, 5) is 82.9. The lowest BCUT2D eigenvalue weighted by molar-refractivity contribution is -0.144. The van der Waals surface area contributed by atoms with Crippen LogP contribution in [0.1, 0.15) is 37.7 Å². The molecule has 0 radical (unpaired) electrons. The number of carboxylic acids is 3. The molecule has 39 heavy (non-hydrogen) atoms. The standard InChI is InChI=1S/C23H31N5O11/c24-13(5-8-18(31)32)20(35)27-15(9-11-1-3-12(29)4-2-11)21(36)28-16(10-19(33)34)22(37)26-14(23(38)39)6-7-17(25)30/h1-4,13-16,29H,5-10,24H2,(H2,25,30)(H,26,37)(H,27,35)(H,28,36)(H,31,32)(H,33,34)(H,38,39). The zero-order valence-electron chi connectivity index (χ0n) is 20.7. The van der Waals surface area contributed by atoms with Crippen molar-refractivity contribution in [3.63, 3.8) is 0 Å². The number of nitrogens with two attached hydrogens (primary N) is 2. The maximum absolute atomic E-state index is 13.1. The predicted octanol–water partition coefficient (Wildman–Crippen LogP) is -2.59. The molecular formula is C23H31N5O11. The molecule has 11 N–H and O–H groups in total. The number of benzene rings is 1. The molecule has 0 bridgehead atoms. The van der Waals surface area contributed by atoms with Crippen LogP contribution in [-0.2, 0) is 40.0 Å². The van der Waals surface area contributed by atoms with E-state index in [0.29, 0.717) is 5.56 Å². The lowest BCUT2D eigenvalue weighted by Gasteiger charge is -2.24. The Morgan fingerprint density at radius 3 is 1.77 bits per heavy atom. The van der Waals surface area contributed by atoms with E-state index in [9.17, 15) is 48.9 Å². The van der Waals surface area contributed by atoms with Crippen LogP contribution in [0.25, 0.3) is 0 Å². The van der Waals surface area contributed by atoms with Crippen LogP contribution in [-0.4, -0.2) is 86.1 Å². The van der Waals surface area contributed by atoms with Gasteiger partial charge in [-0.05, 0) is 30.5 Å². The van der Waals surface area contributed by atoms with Gasteiger partial charge in [-0.3, -0.25) is 28.8 Å². The van der Waals surface area contributed by atoms with Crippen LogP contribution in [0, 0.1) is 0 Å². The molecule has 214 valence electrons. The van der Waals surface area contributed by atoms with Gasteiger partial charge in [-0.2, -0.15) is 0 Å². The monoisotopic (exact) mass is 553 g/mol. The first kappa shape index (κ1) is 32.3. The van der Waals surface area contributed by atoms with Gasteiger partial charge in [0.2, 0.25) is 23.6 Å². The van der Waals surface area contributed by atoms with Crippen LogP contribution < -0.4 is 27.4 Å². The van der Waals surface area contributed by atoms with E-state index in [0.717, 1.165) is 0 Å². The maximum atomic E-state index is 13.1. The van der Waals surface area contributed by atoms with Crippen LogP contribution in [0.4, 0.5) is 0 Å². The van der Waals surface area contributed by atoms with Crippen molar-refractivity contribution in [3.8, 4) is 5.75 Å². The Kier molecular flexibility index (Phi) is 12.8. The maximum Gasteiger partial charge on any atom is 0.326 e. The molecule has 0 aliphatic heterocycles. The summed E-state index contributed by atoms with van der Waals surface area (Å²) in [5.41, 5.74) is 11.1. The van der Waals surface area contributed by atoms with Gasteiger partial charge >= 0.3 is 17.9 Å². The first-order valence-corrected chi connectivity index (χ1v) is 11.6. The Hall–Kier alpha value is -4.73. The summed E-state index contributed by atoms with van der Waals surface area (Å²) in [5.74, 6) is -8.28. The van der Waals surface area contributed by atoms with Gasteiger partial charge in [-0.15, -0.1) is 0 Å². The number of hydrogen-bond donors (Lipinski definition) is 9. The molecule has 4 amide bonds. The molecule has 16 nitrogen and oxygen atoms in total. The van der Waals surface area contributed by atoms with E-state index in [1.54, 1.807) is 0 Å². The minimum atomic E-state index is -1.79. The topological polar surface area (TPSA) is 289 Å². The van der Waals surface area contributed by atoms with Crippen molar-refractivity contribution in [2.24, 2.45) is 11.5 Å². The Labute approximate surface area is 221 Å². The summed E-state index contributed by atoms with van der Waals surface area (Å²) in [5, 5.41) is 43.4. The van der Waals surface area contributed by atoms with Crippen molar-refractivity contribution in [1.29, 1.82) is 0 Å². The third-order valence-corrected chi connectivity index (χ3v) is 5.32. The van der Waals surface area contributed by atoms with Gasteiger partial charge in [0.1, 0.15) is 23.9 Å². The average Bonchev–Trinajstić information content (AvgIpc) is 2.84. The summed E-state index contributed by atoms with van der Waals surface area (Å²) < 4.78 is 0. The number of phenols is 1. The molecule has 4 unspecified atom stereocenters. The van der Waals surface area contributed by atoms with Gasteiger partial charge in [0, 0.05) is 19.3 Å². The molecular weight excluding hydrogens is 522 g/mol. The zero-order chi connectivity index (χ0) is 29.7. The molecule has 16 heteroatoms. The van der Waals surface area contributed by atoms with Crippen LogP contribution in [0.5, 0.6) is 5.75 Å². The number of phenolic OH excluding ortho intramolecular Hbond substituents is 1. The van der Waals surface area contributed by atoms with Crippen LogP contribution in [0.2, 0.25) is 0 Å². The van der Waals surface area contributed by atoms with E-state index in [2.05, 4.69) is 10.6 Å². The third kappa shape index (κ3) is 12.4. The normalized spacial score (nSPS) is 13.7. The third-order valence-electron chi connectivity index (χ3n) is 5.32. The van der Waals surface area contributed by atoms with Crippen molar-refractivity contribution in [2.45, 2.75) is 62.7 Å². The number of amides is 4. The molecule has 0 saturated carbocycles. The van der Waals surface area contributed by atoms with Crippen LogP contribution >= 0.6 is 0 Å². The highest BCUT2D eigenvalue weighted by Crippen LogP contribution is 2.12. The van der Waals surface area contributed by atoms with Gasteiger partial charge < -0.3 is 47.8 Å². The number of carbonyl (C=O) groups is 7. The van der Waals surface area contributed by atoms with Crippen molar-refractivity contribution >= 4 is 41.5 Å². The first-order chi connectivity index (χ1) is 18.2. The van der Waals surface area contributed by atoms with Crippen molar-refractivity contribution in [2.75, 3.05) is 0 Å². The van der Waals surface area contributed by atoms with Crippen molar-refractivity contribution in [3.05, 3.63) is 29.8 Å². The summed E-state index contributed by atoms with van der Waals surface area (Å²) in [7, 11) is 0. The van der Waals surface area contributed by atoms with Gasteiger partial charge in [0.25, 0.3) is 0 Å². The Balaban J connectivity index is 3.14. The second-order valence-corrected chi connectivity index (χ2v) is 8.53. The van der Waals surface area contributed by atoms with E-state index in [4.69, 9.17) is 16.6 Å². The Morgan fingerprint density at radius 2 is 1.26 bits per heavy atom.